The van der Waals surface area contributed by atoms with Gasteiger partial charge >= 0.3 is 0 Å². The number of hydrogen-bond donors (Lipinski definition) is 0. The van der Waals surface area contributed by atoms with E-state index in [0.29, 0.717) is 23.9 Å². The van der Waals surface area contributed by atoms with E-state index in [-0.39, 0.29) is 5.56 Å². The molecule has 0 spiro atoms. The molecule has 2 aromatic carbocycles. The summed E-state index contributed by atoms with van der Waals surface area (Å²) in [6.45, 7) is 4.68. The fraction of sp³-hybridized carbons (Fsp3) is 0.360. The van der Waals surface area contributed by atoms with Gasteiger partial charge in [0.05, 0.1) is 33.7 Å². The van der Waals surface area contributed by atoms with E-state index >= 15 is 0 Å². The standard InChI is InChI=1S/C25H30N4O4/c1-31-22-11-9-20(24(32-2)25(22)33-3)17-27-13-15-28(16-14-27)18-29-23(30)12-10-21(26-29)19-7-5-4-6-8-19/h4-12H,13-18H2,1-3H3. The highest BCUT2D eigenvalue weighted by Gasteiger charge is 2.22. The van der Waals surface area contributed by atoms with Crippen molar-refractivity contribution < 1.29 is 14.2 Å². The van der Waals surface area contributed by atoms with Crippen LogP contribution in [0.25, 0.3) is 11.3 Å². The smallest absolute Gasteiger partial charge is 0.268 e. The molecule has 8 nitrogen and oxygen atoms in total. The predicted octanol–water partition coefficient (Wildman–Crippen LogP) is 2.71. The van der Waals surface area contributed by atoms with E-state index in [1.807, 2.05) is 42.5 Å². The Labute approximate surface area is 193 Å². The molecule has 1 aliphatic heterocycles. The fourth-order valence-electron chi connectivity index (χ4n) is 4.12. The quantitative estimate of drug-likeness (QED) is 0.523. The lowest BCUT2D eigenvalue weighted by atomic mass is 10.1. The molecule has 3 aromatic rings. The van der Waals surface area contributed by atoms with Crippen molar-refractivity contribution in [3.63, 3.8) is 0 Å². The number of piperazine rings is 1. The zero-order chi connectivity index (χ0) is 23.2. The van der Waals surface area contributed by atoms with Crippen molar-refractivity contribution in [3.05, 3.63) is 70.5 Å². The van der Waals surface area contributed by atoms with Gasteiger partial charge in [-0.15, -0.1) is 0 Å². The molecule has 0 amide bonds. The first-order valence-corrected chi connectivity index (χ1v) is 11.0. The first kappa shape index (κ1) is 22.8. The van der Waals surface area contributed by atoms with E-state index in [0.717, 1.165) is 49.5 Å². The minimum Gasteiger partial charge on any atom is -0.493 e. The third-order valence-corrected chi connectivity index (χ3v) is 5.91. The fourth-order valence-corrected chi connectivity index (χ4v) is 4.12. The van der Waals surface area contributed by atoms with Crippen molar-refractivity contribution in [2.75, 3.05) is 47.5 Å². The molecule has 0 radical (unpaired) electrons. The van der Waals surface area contributed by atoms with Gasteiger partial charge in [-0.1, -0.05) is 36.4 Å². The van der Waals surface area contributed by atoms with Gasteiger partial charge in [-0.05, 0) is 12.1 Å². The minimum atomic E-state index is -0.0906. The van der Waals surface area contributed by atoms with Crippen molar-refractivity contribution in [3.8, 4) is 28.5 Å². The SMILES string of the molecule is COc1ccc(CN2CCN(Cn3nc(-c4ccccc4)ccc3=O)CC2)c(OC)c1OC. The molecule has 1 fully saturated rings. The minimum absolute atomic E-state index is 0.0906. The van der Waals surface area contributed by atoms with E-state index in [1.165, 1.54) is 0 Å². The molecule has 0 aliphatic carbocycles. The van der Waals surface area contributed by atoms with Gasteiger partial charge < -0.3 is 14.2 Å². The third kappa shape index (κ3) is 5.18. The Morgan fingerprint density at radius 3 is 2.15 bits per heavy atom. The largest absolute Gasteiger partial charge is 0.493 e. The second-order valence-electron chi connectivity index (χ2n) is 7.95. The van der Waals surface area contributed by atoms with Gasteiger partial charge in [0.2, 0.25) is 5.75 Å². The van der Waals surface area contributed by atoms with E-state index in [4.69, 9.17) is 14.2 Å². The Bertz CT molecular complexity index is 1120. The number of methoxy groups -OCH3 is 3. The topological polar surface area (TPSA) is 69.1 Å². The number of hydrogen-bond acceptors (Lipinski definition) is 7. The van der Waals surface area contributed by atoms with Gasteiger partial charge in [0.25, 0.3) is 5.56 Å². The molecule has 0 unspecified atom stereocenters. The van der Waals surface area contributed by atoms with Crippen LogP contribution in [0.1, 0.15) is 5.56 Å². The average molecular weight is 451 g/mol. The summed E-state index contributed by atoms with van der Waals surface area (Å²) in [6, 6.07) is 17.2. The number of aromatic nitrogens is 2. The zero-order valence-electron chi connectivity index (χ0n) is 19.4. The second kappa shape index (κ2) is 10.5. The predicted molar refractivity (Wildman–Crippen MR) is 127 cm³/mol. The molecule has 0 N–H and O–H groups in total. The number of ether oxygens (including phenoxy) is 3. The molecule has 2 heterocycles. The molecule has 1 aromatic heterocycles. The molecule has 4 rings (SSSR count). The molecule has 0 saturated carbocycles. The molecule has 0 bridgehead atoms. The third-order valence-electron chi connectivity index (χ3n) is 5.91. The van der Waals surface area contributed by atoms with Gasteiger partial charge in [0.15, 0.2) is 11.5 Å². The van der Waals surface area contributed by atoms with Gasteiger partial charge in [-0.2, -0.15) is 5.10 Å². The normalized spacial score (nSPS) is 14.8. The van der Waals surface area contributed by atoms with E-state index in [1.54, 1.807) is 38.1 Å². The van der Waals surface area contributed by atoms with Crippen LogP contribution in [0.2, 0.25) is 0 Å². The van der Waals surface area contributed by atoms with Crippen LogP contribution in [-0.2, 0) is 13.2 Å². The van der Waals surface area contributed by atoms with Crippen LogP contribution in [0.15, 0.2) is 59.4 Å². The van der Waals surface area contributed by atoms with Crippen LogP contribution in [0.5, 0.6) is 17.2 Å². The van der Waals surface area contributed by atoms with Crippen LogP contribution in [0.3, 0.4) is 0 Å². The first-order chi connectivity index (χ1) is 16.1. The summed E-state index contributed by atoms with van der Waals surface area (Å²) in [5.41, 5.74) is 2.76. The molecular formula is C25H30N4O4. The van der Waals surface area contributed by atoms with Gasteiger partial charge in [0, 0.05) is 49.9 Å². The summed E-state index contributed by atoms with van der Waals surface area (Å²) in [5.74, 6) is 1.96. The Balaban J connectivity index is 1.40. The second-order valence-corrected chi connectivity index (χ2v) is 7.95. The molecule has 174 valence electrons. The lowest BCUT2D eigenvalue weighted by Crippen LogP contribution is -2.47. The van der Waals surface area contributed by atoms with Gasteiger partial charge in [-0.3, -0.25) is 14.6 Å². The molecule has 8 heteroatoms. The highest BCUT2D eigenvalue weighted by molar-refractivity contribution is 5.58. The lowest BCUT2D eigenvalue weighted by molar-refractivity contribution is 0.0964. The van der Waals surface area contributed by atoms with Crippen LogP contribution in [-0.4, -0.2) is 67.1 Å². The maximum Gasteiger partial charge on any atom is 0.268 e. The number of nitrogens with zero attached hydrogens (tertiary/aromatic N) is 4. The van der Waals surface area contributed by atoms with Crippen molar-refractivity contribution in [2.24, 2.45) is 0 Å². The van der Waals surface area contributed by atoms with Gasteiger partial charge in [-0.25, -0.2) is 4.68 Å². The Morgan fingerprint density at radius 1 is 0.788 bits per heavy atom. The van der Waals surface area contributed by atoms with Crippen LogP contribution < -0.4 is 19.8 Å². The highest BCUT2D eigenvalue weighted by atomic mass is 16.5. The monoisotopic (exact) mass is 450 g/mol. The Kier molecular flexibility index (Phi) is 7.26. The van der Waals surface area contributed by atoms with E-state index < -0.39 is 0 Å². The maximum absolute atomic E-state index is 12.4. The lowest BCUT2D eigenvalue weighted by Gasteiger charge is -2.34. The first-order valence-electron chi connectivity index (χ1n) is 11.0. The average Bonchev–Trinajstić information content (AvgIpc) is 2.86. The van der Waals surface area contributed by atoms with Gasteiger partial charge in [0.1, 0.15) is 0 Å². The van der Waals surface area contributed by atoms with Crippen molar-refractivity contribution in [2.45, 2.75) is 13.2 Å². The summed E-state index contributed by atoms with van der Waals surface area (Å²) in [7, 11) is 4.88. The Morgan fingerprint density at radius 2 is 1.48 bits per heavy atom. The zero-order valence-corrected chi connectivity index (χ0v) is 19.4. The molecule has 0 atom stereocenters. The summed E-state index contributed by atoms with van der Waals surface area (Å²) in [5, 5.41) is 4.59. The summed E-state index contributed by atoms with van der Waals surface area (Å²) in [4.78, 5) is 17.0. The number of benzene rings is 2. The summed E-state index contributed by atoms with van der Waals surface area (Å²) < 4.78 is 18.1. The maximum atomic E-state index is 12.4. The Hall–Kier alpha value is -3.36. The molecule has 1 saturated heterocycles. The summed E-state index contributed by atoms with van der Waals surface area (Å²) in [6.07, 6.45) is 0. The van der Waals surface area contributed by atoms with Crippen molar-refractivity contribution in [1.29, 1.82) is 0 Å². The van der Waals surface area contributed by atoms with Crippen molar-refractivity contribution in [1.82, 2.24) is 19.6 Å². The van der Waals surface area contributed by atoms with Crippen LogP contribution >= 0.6 is 0 Å². The molecule has 33 heavy (non-hydrogen) atoms. The van der Waals surface area contributed by atoms with Crippen LogP contribution in [0.4, 0.5) is 0 Å². The summed E-state index contributed by atoms with van der Waals surface area (Å²) >= 11 is 0. The van der Waals surface area contributed by atoms with Crippen LogP contribution in [0, 0.1) is 0 Å². The van der Waals surface area contributed by atoms with Crippen molar-refractivity contribution >= 4 is 0 Å². The number of rotatable bonds is 8. The molecular weight excluding hydrogens is 420 g/mol. The van der Waals surface area contributed by atoms with E-state index in [9.17, 15) is 4.79 Å². The highest BCUT2D eigenvalue weighted by Crippen LogP contribution is 2.40. The molecule has 1 aliphatic rings. The van der Waals surface area contributed by atoms with E-state index in [2.05, 4.69) is 14.9 Å².